The van der Waals surface area contributed by atoms with Gasteiger partial charge in [0.05, 0.1) is 19.9 Å². The molecule has 1 unspecified atom stereocenters. The number of benzene rings is 2. The number of carbonyl (C=O) groups excluding carboxylic acids is 2. The summed E-state index contributed by atoms with van der Waals surface area (Å²) in [6.07, 6.45) is -0.528. The summed E-state index contributed by atoms with van der Waals surface area (Å²) < 4.78 is 16.0. The zero-order valence-electron chi connectivity index (χ0n) is 15.0. The average molecular weight is 356 g/mol. The molecular weight excluding hydrogens is 336 g/mol. The van der Waals surface area contributed by atoms with Gasteiger partial charge in [0.2, 0.25) is 0 Å². The van der Waals surface area contributed by atoms with Gasteiger partial charge in [-0.2, -0.15) is 0 Å². The van der Waals surface area contributed by atoms with Gasteiger partial charge in [0, 0.05) is 18.3 Å². The van der Waals surface area contributed by atoms with Crippen molar-refractivity contribution in [1.29, 1.82) is 0 Å². The molecule has 1 heterocycles. The third-order valence-electron chi connectivity index (χ3n) is 4.21. The Morgan fingerprint density at radius 3 is 2.54 bits per heavy atom. The maximum atomic E-state index is 12.5. The molecule has 0 aromatic heterocycles. The van der Waals surface area contributed by atoms with Crippen LogP contribution in [0, 0.1) is 0 Å². The first-order valence-corrected chi connectivity index (χ1v) is 8.06. The lowest BCUT2D eigenvalue weighted by Crippen LogP contribution is -2.41. The predicted octanol–water partition coefficient (Wildman–Crippen LogP) is 2.70. The fourth-order valence-electron chi connectivity index (χ4n) is 2.77. The second-order valence-electron chi connectivity index (χ2n) is 5.86. The van der Waals surface area contributed by atoms with E-state index in [-0.39, 0.29) is 11.8 Å². The van der Waals surface area contributed by atoms with Crippen molar-refractivity contribution >= 4 is 23.2 Å². The molecule has 1 aliphatic heterocycles. The highest BCUT2D eigenvalue weighted by atomic mass is 16.5. The van der Waals surface area contributed by atoms with Crippen LogP contribution < -0.4 is 24.4 Å². The number of nitrogens with zero attached hydrogens (tertiary/aromatic N) is 1. The minimum atomic E-state index is -0.528. The Morgan fingerprint density at radius 1 is 1.12 bits per heavy atom. The second-order valence-corrected chi connectivity index (χ2v) is 5.86. The van der Waals surface area contributed by atoms with Crippen molar-refractivity contribution in [2.45, 2.75) is 13.0 Å². The maximum absolute atomic E-state index is 12.5. The van der Waals surface area contributed by atoms with Crippen LogP contribution in [0.5, 0.6) is 17.2 Å². The fourth-order valence-corrected chi connectivity index (χ4v) is 2.77. The first kappa shape index (κ1) is 17.6. The first-order valence-electron chi connectivity index (χ1n) is 8.06. The third-order valence-corrected chi connectivity index (χ3v) is 4.21. The highest BCUT2D eigenvalue weighted by Crippen LogP contribution is 2.35. The Balaban J connectivity index is 1.84. The molecule has 0 fully saturated rings. The quantitative estimate of drug-likeness (QED) is 0.911. The van der Waals surface area contributed by atoms with Crippen molar-refractivity contribution in [3.8, 4) is 17.2 Å². The van der Waals surface area contributed by atoms with E-state index in [0.29, 0.717) is 34.2 Å². The van der Waals surface area contributed by atoms with E-state index in [1.54, 1.807) is 50.4 Å². The molecule has 7 heteroatoms. The van der Waals surface area contributed by atoms with Crippen molar-refractivity contribution in [2.24, 2.45) is 0 Å². The van der Waals surface area contributed by atoms with Crippen LogP contribution in [-0.2, 0) is 4.79 Å². The van der Waals surface area contributed by atoms with Crippen molar-refractivity contribution in [3.05, 3.63) is 42.0 Å². The first-order chi connectivity index (χ1) is 12.4. The molecule has 136 valence electrons. The van der Waals surface area contributed by atoms with Crippen molar-refractivity contribution in [3.63, 3.8) is 0 Å². The van der Waals surface area contributed by atoms with E-state index in [1.165, 1.54) is 19.1 Å². The van der Waals surface area contributed by atoms with Crippen molar-refractivity contribution < 1.29 is 23.8 Å². The van der Waals surface area contributed by atoms with Crippen LogP contribution in [0.3, 0.4) is 0 Å². The monoisotopic (exact) mass is 356 g/mol. The van der Waals surface area contributed by atoms with Gasteiger partial charge in [0.15, 0.2) is 17.6 Å². The lowest BCUT2D eigenvalue weighted by atomic mass is 10.1. The fraction of sp³-hybridized carbons (Fsp3) is 0.263. The maximum Gasteiger partial charge on any atom is 0.267 e. The number of amides is 2. The van der Waals surface area contributed by atoms with E-state index >= 15 is 0 Å². The Labute approximate surface area is 151 Å². The molecular formula is C19H20N2O5. The number of methoxy groups -OCH3 is 2. The summed E-state index contributed by atoms with van der Waals surface area (Å²) in [5.41, 5.74) is 1.59. The Hall–Kier alpha value is -3.22. The second kappa shape index (κ2) is 6.95. The molecule has 0 saturated carbocycles. The highest BCUT2D eigenvalue weighted by Gasteiger charge is 2.29. The van der Waals surface area contributed by atoms with Crippen LogP contribution >= 0.6 is 0 Å². The summed E-state index contributed by atoms with van der Waals surface area (Å²) in [5.74, 6) is 1.18. The van der Waals surface area contributed by atoms with E-state index in [2.05, 4.69) is 5.32 Å². The van der Waals surface area contributed by atoms with Crippen molar-refractivity contribution in [2.75, 3.05) is 31.5 Å². The van der Waals surface area contributed by atoms with E-state index in [9.17, 15) is 9.59 Å². The smallest absolute Gasteiger partial charge is 0.267 e. The summed E-state index contributed by atoms with van der Waals surface area (Å²) in [7, 11) is 4.72. The molecule has 0 radical (unpaired) electrons. The molecule has 2 aromatic rings. The van der Waals surface area contributed by atoms with Gasteiger partial charge in [-0.3, -0.25) is 9.59 Å². The molecule has 7 nitrogen and oxygen atoms in total. The highest BCUT2D eigenvalue weighted by molar-refractivity contribution is 6.06. The number of anilines is 2. The molecule has 1 N–H and O–H groups in total. The van der Waals surface area contributed by atoms with Gasteiger partial charge in [0.1, 0.15) is 5.75 Å². The number of nitrogens with one attached hydrogen (secondary N) is 1. The Bertz CT molecular complexity index is 865. The number of carbonyl (C=O) groups is 2. The molecule has 3 rings (SSSR count). The van der Waals surface area contributed by atoms with Crippen LogP contribution in [0.25, 0.3) is 0 Å². The molecule has 2 amide bonds. The lowest BCUT2D eigenvalue weighted by Gasteiger charge is -2.30. The minimum absolute atomic E-state index is 0.138. The zero-order valence-corrected chi connectivity index (χ0v) is 15.0. The number of likely N-dealkylation sites (N-methyl/N-ethyl adjacent to an activating group) is 1. The summed E-state index contributed by atoms with van der Waals surface area (Å²) in [6, 6.07) is 10.1. The third kappa shape index (κ3) is 3.15. The molecule has 0 bridgehead atoms. The zero-order chi connectivity index (χ0) is 18.8. The molecule has 0 saturated heterocycles. The van der Waals surface area contributed by atoms with Crippen LogP contribution in [-0.4, -0.2) is 39.2 Å². The summed E-state index contributed by atoms with van der Waals surface area (Å²) in [5, 5.41) is 2.81. The summed E-state index contributed by atoms with van der Waals surface area (Å²) in [6.45, 7) is 1.70. The number of fused-ring (bicyclic) bond motifs is 1. The van der Waals surface area contributed by atoms with Crippen LogP contribution in [0.2, 0.25) is 0 Å². The standard InChI is InChI=1S/C19H20N2O5/c1-11-19(23)21(2)14-10-13(6-8-15(14)26-11)20-18(22)12-5-7-16(24-3)17(9-12)25-4/h5-11H,1-4H3,(H,20,22). The van der Waals surface area contributed by atoms with Gasteiger partial charge in [0.25, 0.3) is 11.8 Å². The number of hydrogen-bond donors (Lipinski definition) is 1. The predicted molar refractivity (Wildman–Crippen MR) is 97.4 cm³/mol. The Kier molecular flexibility index (Phi) is 4.71. The normalized spacial score (nSPS) is 15.8. The van der Waals surface area contributed by atoms with Gasteiger partial charge in [-0.25, -0.2) is 0 Å². The lowest BCUT2D eigenvalue weighted by molar-refractivity contribution is -0.125. The van der Waals surface area contributed by atoms with E-state index in [1.807, 2.05) is 0 Å². The van der Waals surface area contributed by atoms with Gasteiger partial charge in [-0.15, -0.1) is 0 Å². The minimum Gasteiger partial charge on any atom is -0.493 e. The molecule has 0 spiro atoms. The average Bonchev–Trinajstić information content (AvgIpc) is 2.66. The summed E-state index contributed by atoms with van der Waals surface area (Å²) >= 11 is 0. The van der Waals surface area contributed by atoms with E-state index in [0.717, 1.165) is 0 Å². The number of hydrogen-bond acceptors (Lipinski definition) is 5. The number of ether oxygens (including phenoxy) is 3. The van der Waals surface area contributed by atoms with Crippen LogP contribution in [0.15, 0.2) is 36.4 Å². The van der Waals surface area contributed by atoms with E-state index in [4.69, 9.17) is 14.2 Å². The largest absolute Gasteiger partial charge is 0.493 e. The SMILES string of the molecule is COc1ccc(C(=O)Nc2ccc3c(c2)N(C)C(=O)C(C)O3)cc1OC. The van der Waals surface area contributed by atoms with Gasteiger partial charge < -0.3 is 24.4 Å². The molecule has 0 aliphatic carbocycles. The number of rotatable bonds is 4. The van der Waals surface area contributed by atoms with Crippen LogP contribution in [0.4, 0.5) is 11.4 Å². The molecule has 2 aromatic carbocycles. The summed E-state index contributed by atoms with van der Waals surface area (Å²) in [4.78, 5) is 26.1. The van der Waals surface area contributed by atoms with Gasteiger partial charge >= 0.3 is 0 Å². The van der Waals surface area contributed by atoms with E-state index < -0.39 is 6.10 Å². The van der Waals surface area contributed by atoms with Crippen LogP contribution in [0.1, 0.15) is 17.3 Å². The molecule has 26 heavy (non-hydrogen) atoms. The van der Waals surface area contributed by atoms with Crippen molar-refractivity contribution in [1.82, 2.24) is 0 Å². The topological polar surface area (TPSA) is 77.1 Å². The Morgan fingerprint density at radius 2 is 1.85 bits per heavy atom. The molecule has 1 aliphatic rings. The van der Waals surface area contributed by atoms with Gasteiger partial charge in [-0.05, 0) is 43.3 Å². The molecule has 1 atom stereocenters. The van der Waals surface area contributed by atoms with Gasteiger partial charge in [-0.1, -0.05) is 0 Å².